The molecule has 0 bridgehead atoms. The fourth-order valence-electron chi connectivity index (χ4n) is 5.08. The third-order valence-electron chi connectivity index (χ3n) is 7.05. The molecule has 4 rings (SSSR count). The molecule has 1 N–H and O–H groups in total. The Bertz CT molecular complexity index is 1030. The van der Waals surface area contributed by atoms with Crippen molar-refractivity contribution in [2.45, 2.75) is 77.3 Å². The number of aliphatic hydroxyl groups excluding tert-OH is 1. The summed E-state index contributed by atoms with van der Waals surface area (Å²) in [6.07, 6.45) is 8.05. The van der Waals surface area contributed by atoms with Gasteiger partial charge in [0.25, 0.3) is 11.7 Å². The lowest BCUT2D eigenvalue weighted by Crippen LogP contribution is -2.37. The van der Waals surface area contributed by atoms with E-state index in [-0.39, 0.29) is 17.4 Å². The number of nitrogens with zero attached hydrogens (tertiary/aromatic N) is 1. The predicted molar refractivity (Wildman–Crippen MR) is 134 cm³/mol. The Kier molecular flexibility index (Phi) is 7.71. The highest BCUT2D eigenvalue weighted by Crippen LogP contribution is 2.43. The van der Waals surface area contributed by atoms with Crippen LogP contribution < -0.4 is 4.74 Å². The van der Waals surface area contributed by atoms with Crippen LogP contribution >= 0.6 is 0 Å². The molecule has 0 spiro atoms. The summed E-state index contributed by atoms with van der Waals surface area (Å²) in [5.41, 5.74) is 2.75. The Morgan fingerprint density at radius 2 is 1.65 bits per heavy atom. The summed E-state index contributed by atoms with van der Waals surface area (Å²) in [6, 6.07) is 14.6. The molecule has 2 aromatic rings. The molecule has 5 nitrogen and oxygen atoms in total. The van der Waals surface area contributed by atoms with Crippen LogP contribution in [0.5, 0.6) is 5.75 Å². The van der Waals surface area contributed by atoms with Crippen molar-refractivity contribution in [2.75, 3.05) is 6.61 Å². The Balaban J connectivity index is 1.69. The molecule has 2 fully saturated rings. The summed E-state index contributed by atoms with van der Waals surface area (Å²) in [7, 11) is 0. The minimum Gasteiger partial charge on any atom is -0.507 e. The predicted octanol–water partition coefficient (Wildman–Crippen LogP) is 6.18. The molecule has 1 aliphatic heterocycles. The van der Waals surface area contributed by atoms with E-state index in [4.69, 9.17) is 4.74 Å². The standard InChI is InChI=1S/C29H35NO4/c1-3-5-8-19-34-24-17-15-22(16-18-24)27(31)25-26(21-13-11-20(4-2)12-14-21)30(29(33)28(25)32)23-9-6-7-10-23/h11-18,23,26,31H,3-10,19H2,1-2H3/b27-25-. The third-order valence-corrected chi connectivity index (χ3v) is 7.05. The second-order valence-corrected chi connectivity index (χ2v) is 9.32. The van der Waals surface area contributed by atoms with Gasteiger partial charge in [0.2, 0.25) is 0 Å². The molecule has 5 heteroatoms. The monoisotopic (exact) mass is 461 g/mol. The molecule has 2 aliphatic rings. The molecule has 1 atom stereocenters. The average Bonchev–Trinajstić information content (AvgIpc) is 3.48. The molecule has 1 unspecified atom stereocenters. The van der Waals surface area contributed by atoms with Crippen molar-refractivity contribution in [3.05, 3.63) is 70.8 Å². The van der Waals surface area contributed by atoms with Crippen molar-refractivity contribution in [3.63, 3.8) is 0 Å². The highest BCUT2D eigenvalue weighted by Gasteiger charge is 2.49. The molecule has 1 amide bonds. The number of ketones is 1. The van der Waals surface area contributed by atoms with Gasteiger partial charge in [-0.2, -0.15) is 0 Å². The normalized spacial score (nSPS) is 20.3. The maximum atomic E-state index is 13.2. The minimum absolute atomic E-state index is 0.0245. The van der Waals surface area contributed by atoms with Crippen molar-refractivity contribution in [2.24, 2.45) is 0 Å². The number of rotatable bonds is 9. The summed E-state index contributed by atoms with van der Waals surface area (Å²) >= 11 is 0. The van der Waals surface area contributed by atoms with Gasteiger partial charge in [0.1, 0.15) is 11.5 Å². The van der Waals surface area contributed by atoms with Crippen molar-refractivity contribution in [1.29, 1.82) is 0 Å². The number of Topliss-reactive ketones (excluding diaryl/α,β-unsaturated/α-hetero) is 1. The summed E-state index contributed by atoms with van der Waals surface area (Å²) < 4.78 is 5.78. The van der Waals surface area contributed by atoms with E-state index < -0.39 is 17.7 Å². The molecule has 1 saturated heterocycles. The highest BCUT2D eigenvalue weighted by atomic mass is 16.5. The number of hydrogen-bond acceptors (Lipinski definition) is 4. The van der Waals surface area contributed by atoms with Gasteiger partial charge in [-0.05, 0) is 61.1 Å². The van der Waals surface area contributed by atoms with Gasteiger partial charge >= 0.3 is 0 Å². The quantitative estimate of drug-likeness (QED) is 0.209. The van der Waals surface area contributed by atoms with E-state index in [0.29, 0.717) is 12.2 Å². The van der Waals surface area contributed by atoms with Crippen LogP contribution in [-0.2, 0) is 16.0 Å². The van der Waals surface area contributed by atoms with Crippen molar-refractivity contribution >= 4 is 17.4 Å². The van der Waals surface area contributed by atoms with Gasteiger partial charge in [-0.1, -0.05) is 63.8 Å². The van der Waals surface area contributed by atoms with E-state index >= 15 is 0 Å². The number of aryl methyl sites for hydroxylation is 1. The summed E-state index contributed by atoms with van der Waals surface area (Å²) in [6.45, 7) is 4.90. The fourth-order valence-corrected chi connectivity index (χ4v) is 5.08. The molecule has 1 saturated carbocycles. The second kappa shape index (κ2) is 10.9. The maximum Gasteiger partial charge on any atom is 0.295 e. The van der Waals surface area contributed by atoms with E-state index in [2.05, 4.69) is 13.8 Å². The lowest BCUT2D eigenvalue weighted by Gasteiger charge is -2.30. The molecule has 34 heavy (non-hydrogen) atoms. The number of hydrogen-bond donors (Lipinski definition) is 1. The first-order valence-electron chi connectivity index (χ1n) is 12.7. The molecule has 0 radical (unpaired) electrons. The van der Waals surface area contributed by atoms with Gasteiger partial charge in [-0.15, -0.1) is 0 Å². The van der Waals surface area contributed by atoms with Gasteiger partial charge < -0.3 is 14.7 Å². The van der Waals surface area contributed by atoms with Gasteiger partial charge in [0.05, 0.1) is 18.2 Å². The zero-order chi connectivity index (χ0) is 24.1. The maximum absolute atomic E-state index is 13.2. The van der Waals surface area contributed by atoms with Crippen LogP contribution in [0, 0.1) is 0 Å². The van der Waals surface area contributed by atoms with Crippen molar-refractivity contribution in [3.8, 4) is 5.75 Å². The lowest BCUT2D eigenvalue weighted by molar-refractivity contribution is -0.141. The SMILES string of the molecule is CCCCCOc1ccc(/C(O)=C2/C(=O)C(=O)N(C3CCCC3)C2c2ccc(CC)cc2)cc1. The average molecular weight is 462 g/mol. The Labute approximate surface area is 202 Å². The van der Waals surface area contributed by atoms with Crippen LogP contribution in [0.4, 0.5) is 0 Å². The van der Waals surface area contributed by atoms with Crippen molar-refractivity contribution < 1.29 is 19.4 Å². The first kappa shape index (κ1) is 24.1. The highest BCUT2D eigenvalue weighted by molar-refractivity contribution is 6.46. The van der Waals surface area contributed by atoms with Gasteiger partial charge in [0.15, 0.2) is 0 Å². The number of carbonyl (C=O) groups is 2. The van der Waals surface area contributed by atoms with Crippen LogP contribution in [0.1, 0.15) is 81.5 Å². The first-order valence-corrected chi connectivity index (χ1v) is 12.7. The van der Waals surface area contributed by atoms with Gasteiger partial charge in [-0.3, -0.25) is 9.59 Å². The summed E-state index contributed by atoms with van der Waals surface area (Å²) in [5.74, 6) is -0.505. The minimum atomic E-state index is -0.603. The largest absolute Gasteiger partial charge is 0.507 e. The van der Waals surface area contributed by atoms with Gasteiger partial charge in [0, 0.05) is 11.6 Å². The molecule has 1 heterocycles. The summed E-state index contributed by atoms with van der Waals surface area (Å²) in [4.78, 5) is 28.1. The molecular weight excluding hydrogens is 426 g/mol. The van der Waals surface area contributed by atoms with Crippen LogP contribution in [-0.4, -0.2) is 34.3 Å². The Morgan fingerprint density at radius 3 is 2.26 bits per heavy atom. The van der Waals surface area contributed by atoms with Crippen LogP contribution in [0.3, 0.4) is 0 Å². The molecular formula is C29H35NO4. The molecule has 1 aliphatic carbocycles. The zero-order valence-corrected chi connectivity index (χ0v) is 20.3. The number of ether oxygens (including phenoxy) is 1. The fraction of sp³-hybridized carbons (Fsp3) is 0.448. The van der Waals surface area contributed by atoms with E-state index in [1.165, 1.54) is 5.56 Å². The number of aliphatic hydroxyl groups is 1. The first-order chi connectivity index (χ1) is 16.5. The van der Waals surface area contributed by atoms with E-state index in [0.717, 1.165) is 62.7 Å². The molecule has 0 aromatic heterocycles. The topological polar surface area (TPSA) is 66.8 Å². The van der Waals surface area contributed by atoms with E-state index in [1.807, 2.05) is 24.3 Å². The van der Waals surface area contributed by atoms with E-state index in [1.54, 1.807) is 29.2 Å². The number of carbonyl (C=O) groups excluding carboxylic acids is 2. The number of likely N-dealkylation sites (tertiary alicyclic amines) is 1. The number of benzene rings is 2. The van der Waals surface area contributed by atoms with Crippen LogP contribution in [0.2, 0.25) is 0 Å². The summed E-state index contributed by atoms with van der Waals surface area (Å²) in [5, 5.41) is 11.3. The third kappa shape index (κ3) is 4.89. The Hall–Kier alpha value is -3.08. The second-order valence-electron chi connectivity index (χ2n) is 9.32. The van der Waals surface area contributed by atoms with Gasteiger partial charge in [-0.25, -0.2) is 0 Å². The molecule has 2 aromatic carbocycles. The Morgan fingerprint density at radius 1 is 0.971 bits per heavy atom. The number of amides is 1. The van der Waals surface area contributed by atoms with Crippen LogP contribution in [0.25, 0.3) is 5.76 Å². The van der Waals surface area contributed by atoms with E-state index in [9.17, 15) is 14.7 Å². The van der Waals surface area contributed by atoms with Crippen LogP contribution in [0.15, 0.2) is 54.1 Å². The van der Waals surface area contributed by atoms with Crippen molar-refractivity contribution in [1.82, 2.24) is 4.90 Å². The smallest absolute Gasteiger partial charge is 0.295 e. The lowest BCUT2D eigenvalue weighted by atomic mass is 9.94. The number of unbranched alkanes of at least 4 members (excludes halogenated alkanes) is 2. The molecule has 180 valence electrons. The zero-order valence-electron chi connectivity index (χ0n) is 20.3.